The Bertz CT molecular complexity index is 1150. The number of amides is 1. The highest BCUT2D eigenvalue weighted by atomic mass is 32.1. The van der Waals surface area contributed by atoms with Crippen LogP contribution in [0.1, 0.15) is 10.4 Å². The summed E-state index contributed by atoms with van der Waals surface area (Å²) < 4.78 is 4.42. The molecule has 0 saturated heterocycles. The number of para-hydroxylation sites is 1. The Hall–Kier alpha value is -3.32. The molecule has 2 heterocycles. The topological polar surface area (TPSA) is 102 Å². The van der Waals surface area contributed by atoms with Crippen molar-refractivity contribution in [1.29, 1.82) is 0 Å². The Kier molecular flexibility index (Phi) is 3.62. The molecule has 0 atom stereocenters. The Balaban J connectivity index is 1.88. The minimum atomic E-state index is -0.758. The van der Waals surface area contributed by atoms with Crippen molar-refractivity contribution in [2.24, 2.45) is 5.73 Å². The third kappa shape index (κ3) is 2.70. The molecule has 2 aromatic carbocycles. The molecule has 0 saturated carbocycles. The van der Waals surface area contributed by atoms with E-state index in [1.165, 1.54) is 17.6 Å². The summed E-state index contributed by atoms with van der Waals surface area (Å²) >= 11 is 1.29. The van der Waals surface area contributed by atoms with E-state index in [1.807, 2.05) is 42.5 Å². The van der Waals surface area contributed by atoms with E-state index in [4.69, 9.17) is 5.73 Å². The second kappa shape index (κ2) is 5.95. The number of fused-ring (bicyclic) bond motifs is 1. The minimum Gasteiger partial charge on any atom is -0.365 e. The molecular formula is C18H12N4O2S. The predicted molar refractivity (Wildman–Crippen MR) is 97.4 cm³/mol. The number of nitrogens with one attached hydrogen (secondary N) is 1. The fourth-order valence-corrected chi connectivity index (χ4v) is 3.31. The number of hydrogen-bond donors (Lipinski definition) is 2. The van der Waals surface area contributed by atoms with Gasteiger partial charge in [0.1, 0.15) is 10.6 Å². The summed E-state index contributed by atoms with van der Waals surface area (Å²) in [5.74, 6) is -0.233. The molecule has 0 spiro atoms. The first-order chi connectivity index (χ1) is 12.1. The van der Waals surface area contributed by atoms with Gasteiger partial charge in [0.15, 0.2) is 5.82 Å². The molecule has 0 unspecified atom stereocenters. The normalized spacial score (nSPS) is 10.9. The lowest BCUT2D eigenvalue weighted by Gasteiger charge is -2.04. The van der Waals surface area contributed by atoms with Crippen molar-refractivity contribution in [3.05, 3.63) is 70.5 Å². The molecule has 0 aliphatic rings. The molecule has 122 valence electrons. The van der Waals surface area contributed by atoms with Crippen LogP contribution in [0.2, 0.25) is 0 Å². The Labute approximate surface area is 146 Å². The maximum atomic E-state index is 12.1. The number of carbonyl (C=O) groups is 1. The summed E-state index contributed by atoms with van der Waals surface area (Å²) in [4.78, 5) is 30.8. The number of nitrogens with zero attached hydrogens (tertiary/aromatic N) is 2. The van der Waals surface area contributed by atoms with Crippen LogP contribution < -0.4 is 11.3 Å². The Morgan fingerprint density at radius 2 is 1.88 bits per heavy atom. The SMILES string of the molecule is NC(=O)c1cc2cccc(-c3nsc(-c4ccccc4)n3)c2[nH]c1=O. The van der Waals surface area contributed by atoms with Crippen LogP contribution in [0.15, 0.2) is 59.4 Å². The molecule has 0 aliphatic heterocycles. The summed E-state index contributed by atoms with van der Waals surface area (Å²) in [7, 11) is 0. The largest absolute Gasteiger partial charge is 0.365 e. The number of aromatic nitrogens is 3. The van der Waals surface area contributed by atoms with Crippen LogP contribution in [0.25, 0.3) is 32.9 Å². The second-order valence-electron chi connectivity index (χ2n) is 5.44. The second-order valence-corrected chi connectivity index (χ2v) is 6.19. The zero-order chi connectivity index (χ0) is 17.4. The molecule has 0 bridgehead atoms. The lowest BCUT2D eigenvalue weighted by molar-refractivity contribution is 0.0999. The van der Waals surface area contributed by atoms with Gasteiger partial charge in [-0.25, -0.2) is 4.98 Å². The average Bonchev–Trinajstić information content (AvgIpc) is 3.11. The number of rotatable bonds is 3. The molecule has 0 aliphatic carbocycles. The lowest BCUT2D eigenvalue weighted by Crippen LogP contribution is -2.23. The highest BCUT2D eigenvalue weighted by Gasteiger charge is 2.14. The van der Waals surface area contributed by atoms with E-state index >= 15 is 0 Å². The first-order valence-electron chi connectivity index (χ1n) is 7.49. The number of primary amides is 1. The summed E-state index contributed by atoms with van der Waals surface area (Å²) in [5.41, 5.74) is 6.91. The van der Waals surface area contributed by atoms with Crippen LogP contribution in [0.5, 0.6) is 0 Å². The number of aromatic amines is 1. The molecule has 6 nitrogen and oxygen atoms in total. The van der Waals surface area contributed by atoms with E-state index in [0.29, 0.717) is 22.3 Å². The van der Waals surface area contributed by atoms with Crippen LogP contribution in [0, 0.1) is 0 Å². The van der Waals surface area contributed by atoms with Crippen molar-refractivity contribution in [1.82, 2.24) is 14.3 Å². The van der Waals surface area contributed by atoms with Crippen LogP contribution in [-0.4, -0.2) is 20.2 Å². The van der Waals surface area contributed by atoms with Gasteiger partial charge >= 0.3 is 0 Å². The summed E-state index contributed by atoms with van der Waals surface area (Å²) in [6.07, 6.45) is 0. The van der Waals surface area contributed by atoms with Crippen molar-refractivity contribution in [2.75, 3.05) is 0 Å². The van der Waals surface area contributed by atoms with Crippen LogP contribution in [0.4, 0.5) is 0 Å². The molecule has 4 rings (SSSR count). The van der Waals surface area contributed by atoms with Crippen molar-refractivity contribution in [3.63, 3.8) is 0 Å². The molecule has 7 heteroatoms. The van der Waals surface area contributed by atoms with Gasteiger partial charge < -0.3 is 10.7 Å². The molecule has 0 fully saturated rings. The van der Waals surface area contributed by atoms with Gasteiger partial charge in [-0.15, -0.1) is 0 Å². The van der Waals surface area contributed by atoms with Gasteiger partial charge in [-0.2, -0.15) is 4.37 Å². The first-order valence-corrected chi connectivity index (χ1v) is 8.26. The number of nitrogens with two attached hydrogens (primary N) is 1. The average molecular weight is 348 g/mol. The maximum absolute atomic E-state index is 12.1. The van der Waals surface area contributed by atoms with Crippen molar-refractivity contribution >= 4 is 28.3 Å². The van der Waals surface area contributed by atoms with Gasteiger partial charge in [-0.05, 0) is 29.1 Å². The van der Waals surface area contributed by atoms with Gasteiger partial charge in [0, 0.05) is 11.1 Å². The van der Waals surface area contributed by atoms with Crippen LogP contribution in [-0.2, 0) is 0 Å². The molecule has 0 radical (unpaired) electrons. The van der Waals surface area contributed by atoms with Gasteiger partial charge in [-0.3, -0.25) is 9.59 Å². The smallest absolute Gasteiger partial charge is 0.261 e. The molecule has 2 aromatic heterocycles. The predicted octanol–water partition coefficient (Wildman–Crippen LogP) is 2.81. The summed E-state index contributed by atoms with van der Waals surface area (Å²) in [6.45, 7) is 0. The van der Waals surface area contributed by atoms with Gasteiger partial charge in [0.25, 0.3) is 11.5 Å². The Morgan fingerprint density at radius 3 is 2.64 bits per heavy atom. The number of hydrogen-bond acceptors (Lipinski definition) is 5. The highest BCUT2D eigenvalue weighted by Crippen LogP contribution is 2.29. The molecule has 3 N–H and O–H groups in total. The summed E-state index contributed by atoms with van der Waals surface area (Å²) in [6, 6.07) is 16.7. The van der Waals surface area contributed by atoms with E-state index in [0.717, 1.165) is 10.6 Å². The summed E-state index contributed by atoms with van der Waals surface area (Å²) in [5, 5.41) is 1.49. The van der Waals surface area contributed by atoms with Gasteiger partial charge in [0.2, 0.25) is 0 Å². The number of carbonyl (C=O) groups excluding carboxylic acids is 1. The monoisotopic (exact) mass is 348 g/mol. The highest BCUT2D eigenvalue weighted by molar-refractivity contribution is 7.09. The van der Waals surface area contributed by atoms with Crippen molar-refractivity contribution < 1.29 is 4.79 Å². The number of benzene rings is 2. The third-order valence-electron chi connectivity index (χ3n) is 3.83. The van der Waals surface area contributed by atoms with Crippen molar-refractivity contribution in [3.8, 4) is 22.0 Å². The minimum absolute atomic E-state index is 0.0686. The number of H-pyrrole nitrogens is 1. The first kappa shape index (κ1) is 15.2. The standard InChI is InChI=1S/C18H12N4O2S/c19-15(23)13-9-11-7-4-8-12(14(11)20-17(13)24)16-21-18(25-22-16)10-5-2-1-3-6-10/h1-9H,(H2,19,23)(H,20,24). The van der Waals surface area contributed by atoms with E-state index in [-0.39, 0.29) is 5.56 Å². The van der Waals surface area contributed by atoms with Gasteiger partial charge in [0.05, 0.1) is 5.52 Å². The molecule has 4 aromatic rings. The Morgan fingerprint density at radius 1 is 1.08 bits per heavy atom. The van der Waals surface area contributed by atoms with E-state index < -0.39 is 11.5 Å². The molecule has 25 heavy (non-hydrogen) atoms. The zero-order valence-electron chi connectivity index (χ0n) is 12.9. The number of pyridine rings is 1. The maximum Gasteiger partial charge on any atom is 0.261 e. The fraction of sp³-hybridized carbons (Fsp3) is 0. The lowest BCUT2D eigenvalue weighted by atomic mass is 10.1. The zero-order valence-corrected chi connectivity index (χ0v) is 13.7. The van der Waals surface area contributed by atoms with E-state index in [2.05, 4.69) is 14.3 Å². The van der Waals surface area contributed by atoms with Crippen LogP contribution >= 0.6 is 11.5 Å². The van der Waals surface area contributed by atoms with Crippen molar-refractivity contribution in [2.45, 2.75) is 0 Å². The quantitative estimate of drug-likeness (QED) is 0.594. The fourth-order valence-electron chi connectivity index (χ4n) is 2.63. The molecule has 1 amide bonds. The van der Waals surface area contributed by atoms with Crippen LogP contribution in [0.3, 0.4) is 0 Å². The van der Waals surface area contributed by atoms with E-state index in [9.17, 15) is 9.59 Å². The molecular weight excluding hydrogens is 336 g/mol. The van der Waals surface area contributed by atoms with E-state index in [1.54, 1.807) is 6.07 Å². The van der Waals surface area contributed by atoms with Gasteiger partial charge in [-0.1, -0.05) is 42.5 Å². The third-order valence-corrected chi connectivity index (χ3v) is 4.60.